The lowest BCUT2D eigenvalue weighted by atomic mass is 10.1. The molecule has 11 nitrogen and oxygen atoms in total. The average molecular weight is 556 g/mol. The van der Waals surface area contributed by atoms with Crippen LogP contribution < -0.4 is 4.74 Å². The van der Waals surface area contributed by atoms with Crippen LogP contribution >= 0.6 is 11.6 Å². The molecule has 0 N–H and O–H groups in total. The van der Waals surface area contributed by atoms with E-state index in [9.17, 15) is 8.42 Å². The highest BCUT2D eigenvalue weighted by molar-refractivity contribution is 7.91. The molecule has 5 heterocycles. The Morgan fingerprint density at radius 1 is 1.08 bits per heavy atom. The summed E-state index contributed by atoms with van der Waals surface area (Å²) < 4.78 is 41.5. The van der Waals surface area contributed by atoms with Gasteiger partial charge in [0.15, 0.2) is 21.5 Å². The molecule has 198 valence electrons. The quantitative estimate of drug-likeness (QED) is 0.317. The van der Waals surface area contributed by atoms with E-state index >= 15 is 0 Å². The van der Waals surface area contributed by atoms with E-state index in [1.807, 2.05) is 26.0 Å². The van der Waals surface area contributed by atoms with E-state index in [4.69, 9.17) is 21.1 Å². The van der Waals surface area contributed by atoms with Crippen LogP contribution in [0.4, 0.5) is 0 Å². The van der Waals surface area contributed by atoms with E-state index in [1.54, 1.807) is 42.2 Å². The zero-order chi connectivity index (χ0) is 26.9. The fraction of sp³-hybridized carbons (Fsp3) is 0.360. The Kier molecular flexibility index (Phi) is 7.37. The van der Waals surface area contributed by atoms with Crippen LogP contribution in [0.2, 0.25) is 5.02 Å². The van der Waals surface area contributed by atoms with Crippen molar-refractivity contribution >= 4 is 21.4 Å². The molecule has 0 unspecified atom stereocenters. The van der Waals surface area contributed by atoms with Gasteiger partial charge in [0.25, 0.3) is 0 Å². The minimum atomic E-state index is -3.85. The van der Waals surface area contributed by atoms with E-state index in [0.29, 0.717) is 22.3 Å². The molecule has 1 aliphatic heterocycles. The van der Waals surface area contributed by atoms with E-state index in [2.05, 4.69) is 30.1 Å². The van der Waals surface area contributed by atoms with Crippen molar-refractivity contribution in [1.29, 1.82) is 0 Å². The third-order valence-corrected chi connectivity index (χ3v) is 8.40. The van der Waals surface area contributed by atoms with E-state index in [-0.39, 0.29) is 24.4 Å². The van der Waals surface area contributed by atoms with Crippen molar-refractivity contribution in [3.63, 3.8) is 0 Å². The zero-order valence-electron chi connectivity index (χ0n) is 21.0. The number of fused-ring (bicyclic) bond motifs is 3. The lowest BCUT2D eigenvalue weighted by Gasteiger charge is -2.25. The lowest BCUT2D eigenvalue weighted by molar-refractivity contribution is 0.00142. The summed E-state index contributed by atoms with van der Waals surface area (Å²) in [5.74, 6) is 1.05. The van der Waals surface area contributed by atoms with Gasteiger partial charge in [-0.1, -0.05) is 17.7 Å². The number of halogens is 1. The fourth-order valence-electron chi connectivity index (χ4n) is 4.29. The first-order chi connectivity index (χ1) is 18.2. The van der Waals surface area contributed by atoms with Crippen molar-refractivity contribution in [2.24, 2.45) is 0 Å². The Morgan fingerprint density at radius 2 is 1.84 bits per heavy atom. The summed E-state index contributed by atoms with van der Waals surface area (Å²) in [6, 6.07) is 6.86. The van der Waals surface area contributed by atoms with E-state index < -0.39 is 33.0 Å². The number of hydrogen-bond acceptors (Lipinski definition) is 10. The summed E-state index contributed by atoms with van der Waals surface area (Å²) >= 11 is 5.95. The number of aromatic nitrogens is 7. The molecule has 38 heavy (non-hydrogen) atoms. The third kappa shape index (κ3) is 5.24. The molecule has 0 amide bonds. The van der Waals surface area contributed by atoms with Gasteiger partial charge in [0, 0.05) is 31.0 Å². The van der Waals surface area contributed by atoms with Crippen LogP contribution in [0.15, 0.2) is 55.2 Å². The van der Waals surface area contributed by atoms with Gasteiger partial charge in [-0.2, -0.15) is 0 Å². The van der Waals surface area contributed by atoms with Crippen LogP contribution in [0, 0.1) is 0 Å². The average Bonchev–Trinajstić information content (AvgIpc) is 3.22. The first kappa shape index (κ1) is 26.1. The molecular weight excluding hydrogens is 530 g/mol. The summed E-state index contributed by atoms with van der Waals surface area (Å²) in [7, 11) is -3.85. The van der Waals surface area contributed by atoms with Gasteiger partial charge < -0.3 is 9.47 Å². The van der Waals surface area contributed by atoms with Crippen LogP contribution in [0.5, 0.6) is 5.75 Å². The van der Waals surface area contributed by atoms with Crippen molar-refractivity contribution < 1.29 is 17.9 Å². The first-order valence-electron chi connectivity index (χ1n) is 12.0. The number of sulfone groups is 1. The molecular formula is C25H26ClN7O4S. The summed E-state index contributed by atoms with van der Waals surface area (Å²) in [5.41, 5.74) is 1.31. The molecule has 13 heteroatoms. The maximum absolute atomic E-state index is 13.8. The molecule has 4 aromatic heterocycles. The molecule has 0 aromatic carbocycles. The van der Waals surface area contributed by atoms with Gasteiger partial charge >= 0.3 is 0 Å². The molecule has 1 aliphatic rings. The SMILES string of the molecule is CC(C)O[C@@H](c1ncc(Cl)cn1)[C@H](C)S(=O)(=O)Cc1nnc2n1[C@H](c1cccnc1)COc1cccnc1-2. The Labute approximate surface area is 225 Å². The number of nitrogens with zero attached hydrogens (tertiary/aromatic N) is 7. The minimum Gasteiger partial charge on any atom is -0.489 e. The standard InChI is InChI=1S/C25H26ClN7O4S/c1-15(2)37-23(24-29-11-18(26)12-30-24)16(3)38(34,35)14-21-31-32-25-22-20(7-5-9-28-22)36-13-19(33(21)25)17-6-4-8-27-10-17/h4-12,15-16,19,23H,13-14H2,1-3H3/t16-,19-,23+/m0/s1. The lowest BCUT2D eigenvalue weighted by Crippen LogP contribution is -2.32. The molecule has 3 atom stereocenters. The normalized spacial score (nSPS) is 16.7. The summed E-state index contributed by atoms with van der Waals surface area (Å²) in [6.45, 7) is 5.45. The third-order valence-electron chi connectivity index (χ3n) is 6.16. The fourth-order valence-corrected chi connectivity index (χ4v) is 5.77. The Hall–Kier alpha value is -3.48. The summed E-state index contributed by atoms with van der Waals surface area (Å²) in [6.07, 6.45) is 6.67. The van der Waals surface area contributed by atoms with Crippen molar-refractivity contribution in [2.75, 3.05) is 6.61 Å². The minimum absolute atomic E-state index is 0.218. The highest BCUT2D eigenvalue weighted by Gasteiger charge is 2.37. The highest BCUT2D eigenvalue weighted by Crippen LogP contribution is 2.36. The van der Waals surface area contributed by atoms with Gasteiger partial charge in [-0.25, -0.2) is 23.4 Å². The van der Waals surface area contributed by atoms with Gasteiger partial charge in [0.05, 0.1) is 22.4 Å². The van der Waals surface area contributed by atoms with Crippen molar-refractivity contribution in [3.05, 3.63) is 77.5 Å². The second-order valence-electron chi connectivity index (χ2n) is 9.15. The van der Waals surface area contributed by atoms with Gasteiger partial charge in [-0.3, -0.25) is 9.55 Å². The topological polar surface area (TPSA) is 135 Å². The number of hydrogen-bond donors (Lipinski definition) is 0. The molecule has 0 saturated heterocycles. The van der Waals surface area contributed by atoms with Gasteiger partial charge in [-0.05, 0) is 44.5 Å². The first-order valence-corrected chi connectivity index (χ1v) is 14.1. The van der Waals surface area contributed by atoms with Crippen LogP contribution in [0.1, 0.15) is 50.1 Å². The predicted molar refractivity (Wildman–Crippen MR) is 139 cm³/mol. The maximum atomic E-state index is 13.8. The number of rotatable bonds is 8. The van der Waals surface area contributed by atoms with Crippen LogP contribution in [0.3, 0.4) is 0 Å². The molecule has 0 saturated carbocycles. The molecule has 0 fully saturated rings. The van der Waals surface area contributed by atoms with Gasteiger partial charge in [-0.15, -0.1) is 10.2 Å². The second-order valence-corrected chi connectivity index (χ2v) is 11.9. The monoisotopic (exact) mass is 555 g/mol. The Morgan fingerprint density at radius 3 is 2.55 bits per heavy atom. The summed E-state index contributed by atoms with van der Waals surface area (Å²) in [4.78, 5) is 17.1. The summed E-state index contributed by atoms with van der Waals surface area (Å²) in [5, 5.41) is 8.01. The molecule has 4 aromatic rings. The van der Waals surface area contributed by atoms with E-state index in [1.165, 1.54) is 12.4 Å². The van der Waals surface area contributed by atoms with E-state index in [0.717, 1.165) is 5.56 Å². The Bertz CT molecular complexity index is 1510. The largest absolute Gasteiger partial charge is 0.489 e. The van der Waals surface area contributed by atoms with Crippen molar-refractivity contribution in [1.82, 2.24) is 34.7 Å². The molecule has 5 rings (SSSR count). The van der Waals surface area contributed by atoms with Gasteiger partial charge in [0.1, 0.15) is 35.7 Å². The number of pyridine rings is 2. The molecule has 0 aliphatic carbocycles. The van der Waals surface area contributed by atoms with Crippen LogP contribution in [-0.4, -0.2) is 61.1 Å². The highest BCUT2D eigenvalue weighted by atomic mass is 35.5. The van der Waals surface area contributed by atoms with Crippen LogP contribution in [-0.2, 0) is 20.3 Å². The van der Waals surface area contributed by atoms with Crippen molar-refractivity contribution in [3.8, 4) is 17.3 Å². The Balaban J connectivity index is 1.55. The van der Waals surface area contributed by atoms with Gasteiger partial charge in [0.2, 0.25) is 0 Å². The zero-order valence-corrected chi connectivity index (χ0v) is 22.5. The molecule has 0 radical (unpaired) electrons. The number of ether oxygens (including phenoxy) is 2. The van der Waals surface area contributed by atoms with Crippen molar-refractivity contribution in [2.45, 2.75) is 50.0 Å². The predicted octanol–water partition coefficient (Wildman–Crippen LogP) is 3.63. The van der Waals surface area contributed by atoms with Crippen LogP contribution in [0.25, 0.3) is 11.5 Å². The second kappa shape index (κ2) is 10.7. The smallest absolute Gasteiger partial charge is 0.187 e. The molecule has 0 spiro atoms. The molecule has 0 bridgehead atoms. The maximum Gasteiger partial charge on any atom is 0.187 e.